The van der Waals surface area contributed by atoms with E-state index < -0.39 is 0 Å². The summed E-state index contributed by atoms with van der Waals surface area (Å²) in [6.07, 6.45) is 44.4. The minimum Gasteiger partial charge on any atom is -0.336 e. The van der Waals surface area contributed by atoms with Crippen LogP contribution < -0.4 is 4.90 Å². The Morgan fingerprint density at radius 3 is 2.38 bits per heavy atom. The lowest BCUT2D eigenvalue weighted by molar-refractivity contribution is 0.665. The second-order valence-corrected chi connectivity index (χ2v) is 13.6. The van der Waals surface area contributed by atoms with Crippen LogP contribution in [0.5, 0.6) is 0 Å². The lowest BCUT2D eigenvalue weighted by Crippen LogP contribution is -2.32. The number of hydrogen-bond donors (Lipinski definition) is 0. The van der Waals surface area contributed by atoms with E-state index in [1.165, 1.54) is 55.6 Å². The van der Waals surface area contributed by atoms with Crippen LogP contribution in [0, 0.1) is 5.92 Å². The topological polar surface area (TPSA) is 15.6 Å². The van der Waals surface area contributed by atoms with Gasteiger partial charge in [0.05, 0.1) is 17.4 Å². The Labute approximate surface area is 284 Å². The highest BCUT2D eigenvalue weighted by molar-refractivity contribution is 6.05. The summed E-state index contributed by atoms with van der Waals surface area (Å²) in [4.78, 5) is 7.78. The van der Waals surface area contributed by atoms with Gasteiger partial charge in [-0.1, -0.05) is 151 Å². The normalized spacial score (nSPS) is 25.1. The summed E-state index contributed by atoms with van der Waals surface area (Å²) in [5.41, 5.74) is 12.2. The number of rotatable bonds is 6. The summed E-state index contributed by atoms with van der Waals surface area (Å²) >= 11 is 0. The van der Waals surface area contributed by atoms with Crippen molar-refractivity contribution in [3.05, 3.63) is 185 Å². The molecule has 0 spiro atoms. The molecule has 48 heavy (non-hydrogen) atoms. The molecular weight excluding hydrogens is 581 g/mol. The van der Waals surface area contributed by atoms with Crippen molar-refractivity contribution in [2.24, 2.45) is 10.9 Å². The molecular formula is C46H40N2. The minimum absolute atomic E-state index is 0.277. The zero-order valence-electron chi connectivity index (χ0n) is 27.3. The van der Waals surface area contributed by atoms with Gasteiger partial charge in [0.1, 0.15) is 0 Å². The van der Waals surface area contributed by atoms with Crippen LogP contribution in [0.3, 0.4) is 0 Å². The summed E-state index contributed by atoms with van der Waals surface area (Å²) in [5, 5.41) is 2.72. The van der Waals surface area contributed by atoms with Gasteiger partial charge in [-0.3, -0.25) is 4.99 Å². The van der Waals surface area contributed by atoms with Crippen LogP contribution in [0.1, 0.15) is 66.2 Å². The molecule has 2 heteroatoms. The average Bonchev–Trinajstić information content (AvgIpc) is 3.51. The highest BCUT2D eigenvalue weighted by Crippen LogP contribution is 2.56. The number of allylic oxidation sites excluding steroid dienone is 16. The number of anilines is 1. The summed E-state index contributed by atoms with van der Waals surface area (Å²) < 4.78 is 0. The number of nitrogens with zero attached hydrogens (tertiary/aromatic N) is 2. The van der Waals surface area contributed by atoms with Gasteiger partial charge in [0.25, 0.3) is 0 Å². The van der Waals surface area contributed by atoms with E-state index in [-0.39, 0.29) is 6.04 Å². The fourth-order valence-electron chi connectivity index (χ4n) is 8.53. The zero-order valence-corrected chi connectivity index (χ0v) is 27.3. The van der Waals surface area contributed by atoms with Gasteiger partial charge in [-0.25, -0.2) is 0 Å². The molecule has 0 radical (unpaired) electrons. The van der Waals surface area contributed by atoms with Crippen molar-refractivity contribution in [3.63, 3.8) is 0 Å². The molecule has 0 aromatic heterocycles. The Balaban J connectivity index is 1.10. The first kappa shape index (κ1) is 29.0. The first-order chi connectivity index (χ1) is 23.8. The fraction of sp³-hybridized carbons (Fsp3) is 0.196. The van der Waals surface area contributed by atoms with Crippen LogP contribution >= 0.6 is 0 Å². The third-order valence-corrected chi connectivity index (χ3v) is 10.8. The van der Waals surface area contributed by atoms with E-state index in [2.05, 4.69) is 163 Å². The van der Waals surface area contributed by atoms with E-state index >= 15 is 0 Å². The summed E-state index contributed by atoms with van der Waals surface area (Å²) in [5.74, 6) is 1.11. The van der Waals surface area contributed by atoms with Gasteiger partial charge in [0.15, 0.2) is 0 Å². The average molecular weight is 621 g/mol. The molecule has 5 aliphatic carbocycles. The van der Waals surface area contributed by atoms with Gasteiger partial charge in [0, 0.05) is 35.1 Å². The van der Waals surface area contributed by atoms with Crippen molar-refractivity contribution < 1.29 is 0 Å². The van der Waals surface area contributed by atoms with Crippen molar-refractivity contribution in [1.29, 1.82) is 0 Å². The molecule has 3 aromatic carbocycles. The van der Waals surface area contributed by atoms with E-state index in [9.17, 15) is 0 Å². The first-order valence-corrected chi connectivity index (χ1v) is 17.6. The maximum Gasteiger partial charge on any atom is 0.0665 e. The molecule has 0 saturated heterocycles. The molecule has 9 rings (SSSR count). The summed E-state index contributed by atoms with van der Waals surface area (Å²) in [6, 6.07) is 20.0. The molecule has 0 fully saturated rings. The van der Waals surface area contributed by atoms with Gasteiger partial charge < -0.3 is 4.90 Å². The highest BCUT2D eigenvalue weighted by atomic mass is 15.2. The molecule has 0 N–H and O–H groups in total. The van der Waals surface area contributed by atoms with E-state index in [0.717, 1.165) is 37.8 Å². The number of fused-ring (bicyclic) bond motifs is 10. The Kier molecular flexibility index (Phi) is 7.50. The zero-order chi connectivity index (χ0) is 31.9. The molecule has 0 saturated carbocycles. The SMILES string of the molecule is C1=CCCC(C/C=C(\N=CC2=CC=C(N3c4c(c5c(c6ccccc46)C=CC4C=CC=CC54)C4C=CC=CC43)CC2)c2ccccc2)=C1. The molecule has 2 nitrogen and oxygen atoms in total. The van der Waals surface area contributed by atoms with Gasteiger partial charge in [-0.05, 0) is 71.4 Å². The summed E-state index contributed by atoms with van der Waals surface area (Å²) in [7, 11) is 0. The van der Waals surface area contributed by atoms with E-state index in [1.54, 1.807) is 0 Å². The number of aliphatic imine (C=N–C) groups is 1. The maximum absolute atomic E-state index is 5.09. The first-order valence-electron chi connectivity index (χ1n) is 17.6. The second kappa shape index (κ2) is 12.4. The van der Waals surface area contributed by atoms with Crippen LogP contribution in [0.25, 0.3) is 22.5 Å². The Morgan fingerprint density at radius 1 is 0.729 bits per heavy atom. The maximum atomic E-state index is 5.09. The lowest BCUT2D eigenvalue weighted by Gasteiger charge is -2.33. The van der Waals surface area contributed by atoms with Gasteiger partial charge in [0.2, 0.25) is 0 Å². The molecule has 0 bridgehead atoms. The molecule has 4 atom stereocenters. The van der Waals surface area contributed by atoms with Crippen LogP contribution in [0.15, 0.2) is 168 Å². The van der Waals surface area contributed by atoms with Gasteiger partial charge in [-0.15, -0.1) is 0 Å². The van der Waals surface area contributed by atoms with Crippen molar-refractivity contribution >= 4 is 34.4 Å². The fourth-order valence-corrected chi connectivity index (χ4v) is 8.53. The Hall–Kier alpha value is -5.21. The van der Waals surface area contributed by atoms with Crippen LogP contribution in [-0.2, 0) is 0 Å². The molecule has 234 valence electrons. The smallest absolute Gasteiger partial charge is 0.0665 e. The molecule has 1 aliphatic heterocycles. The molecule has 3 aromatic rings. The molecule has 1 heterocycles. The quantitative estimate of drug-likeness (QED) is 0.250. The molecule has 4 unspecified atom stereocenters. The van der Waals surface area contributed by atoms with Gasteiger partial charge >= 0.3 is 0 Å². The summed E-state index contributed by atoms with van der Waals surface area (Å²) in [6.45, 7) is 0. The van der Waals surface area contributed by atoms with Crippen molar-refractivity contribution in [3.8, 4) is 0 Å². The molecule has 6 aliphatic rings. The van der Waals surface area contributed by atoms with Crippen molar-refractivity contribution in [1.82, 2.24) is 0 Å². The number of hydrogen-bond acceptors (Lipinski definition) is 2. The van der Waals surface area contributed by atoms with Crippen LogP contribution in [-0.4, -0.2) is 12.3 Å². The monoisotopic (exact) mass is 620 g/mol. The highest BCUT2D eigenvalue weighted by Gasteiger charge is 2.44. The third-order valence-electron chi connectivity index (χ3n) is 10.8. The third kappa shape index (κ3) is 5.08. The number of benzene rings is 3. The Morgan fingerprint density at radius 2 is 1.54 bits per heavy atom. The van der Waals surface area contributed by atoms with Crippen molar-refractivity contribution in [2.75, 3.05) is 4.90 Å². The molecule has 0 amide bonds. The van der Waals surface area contributed by atoms with Gasteiger partial charge in [-0.2, -0.15) is 0 Å². The van der Waals surface area contributed by atoms with E-state index in [1.807, 2.05) is 0 Å². The Bertz CT molecular complexity index is 2120. The second-order valence-electron chi connectivity index (χ2n) is 13.6. The largest absolute Gasteiger partial charge is 0.336 e. The predicted molar refractivity (Wildman–Crippen MR) is 204 cm³/mol. The minimum atomic E-state index is 0.277. The van der Waals surface area contributed by atoms with E-state index in [4.69, 9.17) is 4.99 Å². The lowest BCUT2D eigenvalue weighted by atomic mass is 9.71. The van der Waals surface area contributed by atoms with Crippen molar-refractivity contribution in [2.45, 2.75) is 50.0 Å². The van der Waals surface area contributed by atoms with Crippen LogP contribution in [0.2, 0.25) is 0 Å². The van der Waals surface area contributed by atoms with E-state index in [0.29, 0.717) is 17.8 Å². The standard InChI is InChI=1S/C46H40N2/c1-3-13-32(14-4-1)25-30-42(35-16-5-2-6-17-35)47-31-33-23-27-36(28-24-33)48-43-22-12-11-21-41(43)45-44-37-18-8-7-15-34(37)26-29-39(44)38-19-9-10-20-40(38)46(45)48/h1-3,5-13,15-23,26-27,29-31,34,37,41,43H,4,14,24-25,28H2/b42-30-,47-31?. The predicted octanol–water partition coefficient (Wildman–Crippen LogP) is 11.5. The van der Waals surface area contributed by atoms with Crippen LogP contribution in [0.4, 0.5) is 5.69 Å².